The summed E-state index contributed by atoms with van der Waals surface area (Å²) in [6, 6.07) is 0. The molecular formula is C7H16Sn. The Morgan fingerprint density at radius 1 is 1.50 bits per heavy atom. The number of unbranched alkanes of at least 4 members (excludes halogenated alkanes) is 1. The SMILES string of the molecule is CCCC[CH](C)[Sn][CH3]. The van der Waals surface area contributed by atoms with E-state index in [4.69, 9.17) is 0 Å². The average molecular weight is 219 g/mol. The molecule has 0 spiro atoms. The van der Waals surface area contributed by atoms with Gasteiger partial charge in [0.15, 0.2) is 0 Å². The van der Waals surface area contributed by atoms with Crippen LogP contribution in [0.15, 0.2) is 0 Å². The summed E-state index contributed by atoms with van der Waals surface area (Å²) in [5.41, 5.74) is 0. The molecule has 2 radical (unpaired) electrons. The molecule has 0 saturated heterocycles. The predicted octanol–water partition coefficient (Wildman–Crippen LogP) is 2.74. The molecule has 1 atom stereocenters. The van der Waals surface area contributed by atoms with Crippen molar-refractivity contribution in [2.45, 2.75) is 42.0 Å². The number of rotatable bonds is 4. The van der Waals surface area contributed by atoms with Gasteiger partial charge in [0.2, 0.25) is 0 Å². The second-order valence-electron chi connectivity index (χ2n) is 2.33. The third-order valence-electron chi connectivity index (χ3n) is 1.48. The molecule has 0 rings (SSSR count). The summed E-state index contributed by atoms with van der Waals surface area (Å²) in [6.45, 7) is 4.68. The third kappa shape index (κ3) is 4.95. The molecule has 0 aliphatic rings. The Morgan fingerprint density at radius 3 is 2.50 bits per heavy atom. The van der Waals surface area contributed by atoms with E-state index in [1.54, 1.807) is 0 Å². The van der Waals surface area contributed by atoms with Crippen LogP contribution in [0, 0.1) is 0 Å². The Kier molecular flexibility index (Phi) is 6.52. The van der Waals surface area contributed by atoms with Crippen LogP contribution in [-0.4, -0.2) is 21.1 Å². The standard InChI is InChI=1S/C6H13.CH3.Sn/c1-3-5-6-4-2;;/h3H,4-6H2,1-2H3;1H3;. The van der Waals surface area contributed by atoms with Gasteiger partial charge in [0.05, 0.1) is 0 Å². The molecule has 0 aromatic rings. The van der Waals surface area contributed by atoms with E-state index in [2.05, 4.69) is 18.8 Å². The van der Waals surface area contributed by atoms with Gasteiger partial charge in [0.1, 0.15) is 0 Å². The van der Waals surface area contributed by atoms with Crippen LogP contribution in [0.3, 0.4) is 0 Å². The van der Waals surface area contributed by atoms with Crippen molar-refractivity contribution < 1.29 is 0 Å². The van der Waals surface area contributed by atoms with Crippen LogP contribution in [-0.2, 0) is 0 Å². The van der Waals surface area contributed by atoms with E-state index < -0.39 is 0 Å². The van der Waals surface area contributed by atoms with E-state index >= 15 is 0 Å². The van der Waals surface area contributed by atoms with E-state index in [-0.39, 0.29) is 21.1 Å². The van der Waals surface area contributed by atoms with Crippen molar-refractivity contribution in [3.63, 3.8) is 0 Å². The monoisotopic (exact) mass is 220 g/mol. The zero-order valence-corrected chi connectivity index (χ0v) is 9.05. The van der Waals surface area contributed by atoms with Crippen LogP contribution in [0.4, 0.5) is 0 Å². The minimum atomic E-state index is 0.0875. The summed E-state index contributed by atoms with van der Waals surface area (Å²) in [4.78, 5) is 2.43. The van der Waals surface area contributed by atoms with Crippen molar-refractivity contribution in [2.75, 3.05) is 0 Å². The van der Waals surface area contributed by atoms with Gasteiger partial charge in [0.25, 0.3) is 0 Å². The molecule has 0 bridgehead atoms. The van der Waals surface area contributed by atoms with Gasteiger partial charge in [0, 0.05) is 0 Å². The fraction of sp³-hybridized carbons (Fsp3) is 1.00. The molecule has 0 aliphatic heterocycles. The summed E-state index contributed by atoms with van der Waals surface area (Å²) >= 11 is 0.0875. The summed E-state index contributed by atoms with van der Waals surface area (Å²) in [7, 11) is 0. The first-order valence-electron chi connectivity index (χ1n) is 3.48. The molecule has 0 aromatic heterocycles. The fourth-order valence-electron chi connectivity index (χ4n) is 0.655. The molecule has 0 N–H and O–H groups in total. The first-order valence-corrected chi connectivity index (χ1v) is 7.98. The quantitative estimate of drug-likeness (QED) is 0.637. The van der Waals surface area contributed by atoms with Crippen molar-refractivity contribution >= 4 is 21.1 Å². The maximum atomic E-state index is 2.43. The molecule has 0 fully saturated rings. The van der Waals surface area contributed by atoms with Gasteiger partial charge in [-0.3, -0.25) is 0 Å². The summed E-state index contributed by atoms with van der Waals surface area (Å²) < 4.78 is 1.12. The molecule has 8 heavy (non-hydrogen) atoms. The predicted molar refractivity (Wildman–Crippen MR) is 40.6 cm³/mol. The van der Waals surface area contributed by atoms with Gasteiger partial charge < -0.3 is 0 Å². The van der Waals surface area contributed by atoms with Gasteiger partial charge in [-0.15, -0.1) is 0 Å². The number of hydrogen-bond donors (Lipinski definition) is 0. The van der Waals surface area contributed by atoms with Crippen LogP contribution in [0.1, 0.15) is 33.1 Å². The zero-order valence-electron chi connectivity index (χ0n) is 6.20. The number of hydrogen-bond acceptors (Lipinski definition) is 0. The van der Waals surface area contributed by atoms with Crippen LogP contribution < -0.4 is 0 Å². The molecule has 1 unspecified atom stereocenters. The van der Waals surface area contributed by atoms with E-state index in [0.29, 0.717) is 0 Å². The Labute approximate surface area is 63.3 Å². The Hall–Kier alpha value is 0.799. The second-order valence-corrected chi connectivity index (χ2v) is 6.79. The second kappa shape index (κ2) is 5.93. The topological polar surface area (TPSA) is 0 Å². The first kappa shape index (κ1) is 8.80. The first-order chi connectivity index (χ1) is 3.81. The fourth-order valence-corrected chi connectivity index (χ4v) is 2.06. The third-order valence-corrected chi connectivity index (χ3v) is 5.12. The maximum absolute atomic E-state index is 2.43. The average Bonchev–Trinajstić information content (AvgIpc) is 1.83. The van der Waals surface area contributed by atoms with Crippen molar-refractivity contribution in [3.8, 4) is 0 Å². The molecule has 0 nitrogen and oxygen atoms in total. The summed E-state index contributed by atoms with van der Waals surface area (Å²) in [6.07, 6.45) is 4.33. The zero-order chi connectivity index (χ0) is 6.41. The van der Waals surface area contributed by atoms with Crippen LogP contribution in [0.5, 0.6) is 0 Å². The molecule has 1 heteroatoms. The summed E-state index contributed by atoms with van der Waals surface area (Å²) in [5, 5.41) is 0. The Bertz CT molecular complexity index is 43.7. The van der Waals surface area contributed by atoms with Crippen LogP contribution >= 0.6 is 0 Å². The molecular weight excluding hydrogens is 203 g/mol. The van der Waals surface area contributed by atoms with Gasteiger partial charge >= 0.3 is 63.1 Å². The van der Waals surface area contributed by atoms with Gasteiger partial charge in [-0.25, -0.2) is 0 Å². The molecule has 0 amide bonds. The van der Waals surface area contributed by atoms with Crippen molar-refractivity contribution in [1.29, 1.82) is 0 Å². The Balaban J connectivity index is 2.86. The van der Waals surface area contributed by atoms with E-state index in [0.717, 1.165) is 3.93 Å². The van der Waals surface area contributed by atoms with E-state index in [1.807, 2.05) is 0 Å². The molecule has 0 heterocycles. The van der Waals surface area contributed by atoms with Gasteiger partial charge in [-0.05, 0) is 0 Å². The van der Waals surface area contributed by atoms with E-state index in [9.17, 15) is 0 Å². The van der Waals surface area contributed by atoms with Gasteiger partial charge in [-0.1, -0.05) is 0 Å². The van der Waals surface area contributed by atoms with Crippen molar-refractivity contribution in [2.24, 2.45) is 0 Å². The van der Waals surface area contributed by atoms with Gasteiger partial charge in [-0.2, -0.15) is 0 Å². The normalized spacial score (nSPS) is 13.9. The minimum absolute atomic E-state index is 0.0875. The summed E-state index contributed by atoms with van der Waals surface area (Å²) in [5.74, 6) is 0. The molecule has 0 aliphatic carbocycles. The van der Waals surface area contributed by atoms with E-state index in [1.165, 1.54) is 19.3 Å². The van der Waals surface area contributed by atoms with Crippen molar-refractivity contribution in [3.05, 3.63) is 0 Å². The Morgan fingerprint density at radius 2 is 2.12 bits per heavy atom. The van der Waals surface area contributed by atoms with Crippen LogP contribution in [0.2, 0.25) is 8.87 Å². The molecule has 0 aromatic carbocycles. The van der Waals surface area contributed by atoms with Crippen LogP contribution in [0.25, 0.3) is 0 Å². The van der Waals surface area contributed by atoms with Crippen molar-refractivity contribution in [1.82, 2.24) is 0 Å². The molecule has 0 saturated carbocycles. The molecule has 48 valence electrons.